The van der Waals surface area contributed by atoms with Gasteiger partial charge in [0, 0.05) is 12.1 Å². The molecule has 1 saturated carbocycles. The average Bonchev–Trinajstić information content (AvgIpc) is 2.36. The van der Waals surface area contributed by atoms with Gasteiger partial charge in [0.25, 0.3) is 0 Å². The summed E-state index contributed by atoms with van der Waals surface area (Å²) in [5, 5.41) is 3.84. The van der Waals surface area contributed by atoms with E-state index in [-0.39, 0.29) is 0 Å². The fraction of sp³-hybridized carbons (Fsp3) is 0.600. The second kappa shape index (κ2) is 5.45. The van der Waals surface area contributed by atoms with E-state index in [1.54, 1.807) is 0 Å². The van der Waals surface area contributed by atoms with Crippen molar-refractivity contribution in [3.63, 3.8) is 0 Å². The molecule has 1 aromatic carbocycles. The SMILES string of the molecule is c1ccc(C2CC(NC3CCSCC3)C2)cc1. The Balaban J connectivity index is 1.45. The molecule has 17 heavy (non-hydrogen) atoms. The molecule has 0 unspecified atom stereocenters. The van der Waals surface area contributed by atoms with E-state index in [9.17, 15) is 0 Å². The molecule has 0 amide bonds. The minimum Gasteiger partial charge on any atom is -0.311 e. The fourth-order valence-electron chi connectivity index (χ4n) is 2.95. The van der Waals surface area contributed by atoms with Crippen LogP contribution in [0.5, 0.6) is 0 Å². The normalized spacial score (nSPS) is 29.9. The van der Waals surface area contributed by atoms with Crippen LogP contribution in [0.4, 0.5) is 0 Å². The minimum atomic E-state index is 0.785. The average molecular weight is 247 g/mol. The zero-order valence-corrected chi connectivity index (χ0v) is 11.1. The van der Waals surface area contributed by atoms with E-state index in [0.717, 1.165) is 18.0 Å². The molecular weight excluding hydrogens is 226 g/mol. The zero-order chi connectivity index (χ0) is 11.5. The maximum Gasteiger partial charge on any atom is 0.00853 e. The van der Waals surface area contributed by atoms with Gasteiger partial charge in [0.2, 0.25) is 0 Å². The minimum absolute atomic E-state index is 0.785. The monoisotopic (exact) mass is 247 g/mol. The van der Waals surface area contributed by atoms with Crippen LogP contribution in [0.2, 0.25) is 0 Å². The van der Waals surface area contributed by atoms with Gasteiger partial charge in [0.15, 0.2) is 0 Å². The van der Waals surface area contributed by atoms with Crippen LogP contribution in [0.3, 0.4) is 0 Å². The summed E-state index contributed by atoms with van der Waals surface area (Å²) in [6.45, 7) is 0. The Bertz CT molecular complexity index is 339. The second-order valence-corrected chi connectivity index (χ2v) is 6.55. The van der Waals surface area contributed by atoms with Crippen LogP contribution in [0, 0.1) is 0 Å². The Morgan fingerprint density at radius 3 is 2.35 bits per heavy atom. The van der Waals surface area contributed by atoms with Crippen LogP contribution < -0.4 is 5.32 Å². The Hall–Kier alpha value is -0.470. The molecule has 1 aliphatic carbocycles. The largest absolute Gasteiger partial charge is 0.311 e. The highest BCUT2D eigenvalue weighted by Crippen LogP contribution is 2.37. The molecule has 2 fully saturated rings. The number of nitrogens with one attached hydrogen (secondary N) is 1. The Kier molecular flexibility index (Phi) is 3.72. The van der Waals surface area contributed by atoms with Crippen LogP contribution in [-0.2, 0) is 0 Å². The molecule has 0 atom stereocenters. The van der Waals surface area contributed by atoms with Crippen molar-refractivity contribution in [3.05, 3.63) is 35.9 Å². The van der Waals surface area contributed by atoms with Gasteiger partial charge in [-0.1, -0.05) is 30.3 Å². The van der Waals surface area contributed by atoms with Crippen LogP contribution in [-0.4, -0.2) is 23.6 Å². The van der Waals surface area contributed by atoms with E-state index in [0.29, 0.717) is 0 Å². The molecule has 2 aliphatic rings. The van der Waals surface area contributed by atoms with Crippen molar-refractivity contribution in [2.24, 2.45) is 0 Å². The van der Waals surface area contributed by atoms with Gasteiger partial charge < -0.3 is 5.32 Å². The smallest absolute Gasteiger partial charge is 0.00853 e. The van der Waals surface area contributed by atoms with Gasteiger partial charge in [-0.3, -0.25) is 0 Å². The van der Waals surface area contributed by atoms with Crippen molar-refractivity contribution in [3.8, 4) is 0 Å². The molecule has 0 aromatic heterocycles. The third-order valence-electron chi connectivity index (χ3n) is 4.10. The predicted octanol–water partition coefficient (Wildman–Crippen LogP) is 3.42. The van der Waals surface area contributed by atoms with E-state index in [1.807, 2.05) is 0 Å². The van der Waals surface area contributed by atoms with Crippen molar-refractivity contribution < 1.29 is 0 Å². The first kappa shape index (κ1) is 11.6. The molecule has 1 saturated heterocycles. The quantitative estimate of drug-likeness (QED) is 0.878. The summed E-state index contributed by atoms with van der Waals surface area (Å²) < 4.78 is 0. The highest BCUT2D eigenvalue weighted by molar-refractivity contribution is 7.99. The lowest BCUT2D eigenvalue weighted by molar-refractivity contribution is 0.258. The van der Waals surface area contributed by atoms with Gasteiger partial charge in [0.1, 0.15) is 0 Å². The number of rotatable bonds is 3. The molecule has 1 aromatic rings. The molecule has 92 valence electrons. The molecule has 3 rings (SSSR count). The summed E-state index contributed by atoms with van der Waals surface area (Å²) in [7, 11) is 0. The molecular formula is C15H21NS. The summed E-state index contributed by atoms with van der Waals surface area (Å²) in [6, 6.07) is 12.6. The van der Waals surface area contributed by atoms with Crippen molar-refractivity contribution >= 4 is 11.8 Å². The highest BCUT2D eigenvalue weighted by Gasteiger charge is 2.31. The number of hydrogen-bond donors (Lipinski definition) is 1. The van der Waals surface area contributed by atoms with Crippen molar-refractivity contribution in [1.82, 2.24) is 5.32 Å². The van der Waals surface area contributed by atoms with Crippen molar-refractivity contribution in [1.29, 1.82) is 0 Å². The van der Waals surface area contributed by atoms with Crippen LogP contribution in [0.15, 0.2) is 30.3 Å². The maximum absolute atomic E-state index is 3.84. The van der Waals surface area contributed by atoms with E-state index < -0.39 is 0 Å². The van der Waals surface area contributed by atoms with E-state index in [2.05, 4.69) is 47.4 Å². The van der Waals surface area contributed by atoms with Crippen LogP contribution >= 0.6 is 11.8 Å². The Morgan fingerprint density at radius 2 is 1.65 bits per heavy atom. The van der Waals surface area contributed by atoms with Gasteiger partial charge in [0.05, 0.1) is 0 Å². The van der Waals surface area contributed by atoms with Gasteiger partial charge in [-0.25, -0.2) is 0 Å². The second-order valence-electron chi connectivity index (χ2n) is 5.33. The highest BCUT2D eigenvalue weighted by atomic mass is 32.2. The summed E-state index contributed by atoms with van der Waals surface area (Å²) in [5.74, 6) is 3.52. The van der Waals surface area contributed by atoms with Crippen molar-refractivity contribution in [2.45, 2.75) is 43.7 Å². The van der Waals surface area contributed by atoms with Gasteiger partial charge >= 0.3 is 0 Å². The van der Waals surface area contributed by atoms with Crippen LogP contribution in [0.1, 0.15) is 37.2 Å². The molecule has 0 bridgehead atoms. The number of thioether (sulfide) groups is 1. The standard InChI is InChI=1S/C15H21NS/c1-2-4-12(5-3-1)13-10-15(11-13)16-14-6-8-17-9-7-14/h1-5,13-16H,6-11H2. The third-order valence-corrected chi connectivity index (χ3v) is 5.15. The Morgan fingerprint density at radius 1 is 0.941 bits per heavy atom. The molecule has 1 N–H and O–H groups in total. The molecule has 1 heterocycles. The predicted molar refractivity (Wildman–Crippen MR) is 75.7 cm³/mol. The lowest BCUT2D eigenvalue weighted by atomic mass is 9.75. The molecule has 0 radical (unpaired) electrons. The van der Waals surface area contributed by atoms with Crippen molar-refractivity contribution in [2.75, 3.05) is 11.5 Å². The summed E-state index contributed by atoms with van der Waals surface area (Å²) in [5.41, 5.74) is 1.53. The number of benzene rings is 1. The van der Waals surface area contributed by atoms with Gasteiger partial charge in [-0.15, -0.1) is 0 Å². The lowest BCUT2D eigenvalue weighted by Crippen LogP contribution is -2.46. The van der Waals surface area contributed by atoms with E-state index in [1.165, 1.54) is 42.8 Å². The molecule has 0 spiro atoms. The summed E-state index contributed by atoms with van der Waals surface area (Å²) in [6.07, 6.45) is 5.43. The summed E-state index contributed by atoms with van der Waals surface area (Å²) >= 11 is 2.11. The molecule has 2 heteroatoms. The summed E-state index contributed by atoms with van der Waals surface area (Å²) in [4.78, 5) is 0. The Labute approximate surface area is 108 Å². The first-order chi connectivity index (χ1) is 8.42. The molecule has 1 aliphatic heterocycles. The first-order valence-corrected chi connectivity index (χ1v) is 7.96. The van der Waals surface area contributed by atoms with E-state index >= 15 is 0 Å². The lowest BCUT2D eigenvalue weighted by Gasteiger charge is -2.39. The molecule has 1 nitrogen and oxygen atoms in total. The third kappa shape index (κ3) is 2.86. The first-order valence-electron chi connectivity index (χ1n) is 6.80. The van der Waals surface area contributed by atoms with Gasteiger partial charge in [-0.2, -0.15) is 11.8 Å². The van der Waals surface area contributed by atoms with Crippen LogP contribution in [0.25, 0.3) is 0 Å². The maximum atomic E-state index is 3.84. The van der Waals surface area contributed by atoms with Gasteiger partial charge in [-0.05, 0) is 48.7 Å². The topological polar surface area (TPSA) is 12.0 Å². The van der Waals surface area contributed by atoms with E-state index in [4.69, 9.17) is 0 Å². The fourth-order valence-corrected chi connectivity index (χ4v) is 4.06. The number of hydrogen-bond acceptors (Lipinski definition) is 2. The zero-order valence-electron chi connectivity index (χ0n) is 10.3.